The maximum absolute atomic E-state index is 9.32. The molecule has 2 heterocycles. The third-order valence-electron chi connectivity index (χ3n) is 5.10. The molecule has 1 aromatic rings. The summed E-state index contributed by atoms with van der Waals surface area (Å²) in [6.07, 6.45) is -5.34. The van der Waals surface area contributed by atoms with Crippen molar-refractivity contribution in [3.05, 3.63) is 35.4 Å². The molecule has 4 aliphatic rings. The Kier molecular flexibility index (Phi) is 1.02. The first-order valence-corrected chi connectivity index (χ1v) is 7.04. The number of methoxy groups -OCH3 is 1. The van der Waals surface area contributed by atoms with Crippen LogP contribution in [0.15, 0.2) is 24.2 Å². The van der Waals surface area contributed by atoms with Gasteiger partial charge in [-0.05, 0) is 37.9 Å². The summed E-state index contributed by atoms with van der Waals surface area (Å²) in [5, 5.41) is 4.63. The third-order valence-corrected chi connectivity index (χ3v) is 5.10. The number of hydrogen-bond acceptors (Lipinski definition) is 4. The molecule has 2 aliphatic carbocycles. The van der Waals surface area contributed by atoms with Gasteiger partial charge in [-0.15, -0.1) is 0 Å². The summed E-state index contributed by atoms with van der Waals surface area (Å²) in [4.78, 5) is 0.975. The first-order chi connectivity index (χ1) is 15.9. The zero-order chi connectivity index (χ0) is 26.1. The summed E-state index contributed by atoms with van der Waals surface area (Å²) >= 11 is 0. The Bertz CT molecular complexity index is 1150. The Morgan fingerprint density at radius 3 is 3.50 bits per heavy atom. The van der Waals surface area contributed by atoms with Crippen LogP contribution in [0.1, 0.15) is 34.0 Å². The second kappa shape index (κ2) is 4.06. The topological polar surface area (TPSA) is 41.9 Å². The van der Waals surface area contributed by atoms with Gasteiger partial charge in [0.25, 0.3) is 0 Å². The summed E-state index contributed by atoms with van der Waals surface area (Å²) in [5.74, 6) is -2.26. The molecule has 2 bridgehead atoms. The molecule has 0 aromatic heterocycles. The van der Waals surface area contributed by atoms with Gasteiger partial charge in [0.2, 0.25) is 1.43 Å². The highest BCUT2D eigenvalue weighted by Crippen LogP contribution is 2.62. The number of aliphatic hydroxyl groups is 1. The van der Waals surface area contributed by atoms with Crippen LogP contribution in [0.25, 0.3) is 0 Å². The molecule has 4 heteroatoms. The molecule has 0 saturated carbocycles. The molecule has 5 atom stereocenters. The Labute approximate surface area is 148 Å². The van der Waals surface area contributed by atoms with Crippen LogP contribution in [0.4, 0.5) is 0 Å². The number of nitrogens with zero attached hydrogens (tertiary/aromatic N) is 1. The standard InChI is InChI=1S/C18H21NO3/c1-19-8-7-18-11-4-5-13(20)17(18)22-16-14(21-2)6-3-10(15(16)18)9-12(11)19/h3-6,11-13,17,20H,7-9H2,1-2H3/t11-,12+,13?,17?,18-/m0/s1/i1D3,2D3,3D,6D,9D2,13D,17D,20D. The van der Waals surface area contributed by atoms with E-state index in [0.717, 1.165) is 11.0 Å². The SMILES string of the molecule is [2H]OC1([2H])C=C[C@H]2[C@@H]3N(C([2H])([2H])[2H])CC[C@@]24c2c(c(OC([2H])([2H])[2H])c([2H])c([2H])c2C3([2H])[2H])OC14[2H]. The number of hydrogen-bond donors (Lipinski definition) is 1. The van der Waals surface area contributed by atoms with E-state index in [9.17, 15) is 1.37 Å². The van der Waals surface area contributed by atoms with Crippen LogP contribution in [-0.2, 0) is 11.8 Å². The van der Waals surface area contributed by atoms with Gasteiger partial charge in [0, 0.05) is 29.8 Å². The first kappa shape index (κ1) is 5.53. The summed E-state index contributed by atoms with van der Waals surface area (Å²) < 4.78 is 118. The lowest BCUT2D eigenvalue weighted by Gasteiger charge is -2.56. The van der Waals surface area contributed by atoms with Crippen LogP contribution >= 0.6 is 0 Å². The van der Waals surface area contributed by atoms with Crippen molar-refractivity contribution in [2.75, 3.05) is 20.6 Å². The summed E-state index contributed by atoms with van der Waals surface area (Å²) in [5.41, 5.74) is -2.21. The normalized spacial score (nSPS) is 59.7. The van der Waals surface area contributed by atoms with Crippen molar-refractivity contribution >= 4 is 0 Å². The molecule has 1 N–H and O–H groups in total. The highest BCUT2D eigenvalue weighted by atomic mass is 16.5. The Hall–Kier alpha value is -1.52. The molecule has 5 rings (SSSR count). The van der Waals surface area contributed by atoms with Gasteiger partial charge < -0.3 is 19.5 Å². The maximum Gasteiger partial charge on any atom is 0.211 e. The van der Waals surface area contributed by atoms with Crippen LogP contribution < -0.4 is 9.47 Å². The predicted octanol–water partition coefficient (Wildman–Crippen LogP) is 1.50. The molecular formula is C18H21NO3. The van der Waals surface area contributed by atoms with Crippen molar-refractivity contribution < 1.29 is 31.0 Å². The van der Waals surface area contributed by atoms with Crippen molar-refractivity contribution in [1.29, 1.82) is 1.43 Å². The van der Waals surface area contributed by atoms with E-state index in [1.807, 2.05) is 0 Å². The molecule has 22 heavy (non-hydrogen) atoms. The van der Waals surface area contributed by atoms with E-state index in [1.54, 1.807) is 0 Å². The van der Waals surface area contributed by atoms with Crippen molar-refractivity contribution in [3.8, 4) is 11.5 Å². The minimum absolute atomic E-state index is 0.109. The maximum atomic E-state index is 9.32. The van der Waals surface area contributed by atoms with Gasteiger partial charge in [-0.25, -0.2) is 0 Å². The van der Waals surface area contributed by atoms with Crippen LogP contribution in [-0.4, -0.2) is 50.2 Å². The molecule has 2 unspecified atom stereocenters. The molecule has 1 saturated heterocycles. The van der Waals surface area contributed by atoms with Gasteiger partial charge in [0.05, 0.1) is 16.6 Å². The van der Waals surface area contributed by atoms with E-state index in [-0.39, 0.29) is 18.5 Å². The quantitative estimate of drug-likeness (QED) is 0.841. The van der Waals surface area contributed by atoms with Gasteiger partial charge >= 0.3 is 0 Å². The zero-order valence-electron chi connectivity index (χ0n) is 24.4. The Balaban J connectivity index is 1.93. The van der Waals surface area contributed by atoms with Gasteiger partial charge in [0.1, 0.15) is 12.2 Å². The Morgan fingerprint density at radius 1 is 1.64 bits per heavy atom. The van der Waals surface area contributed by atoms with Crippen LogP contribution in [0, 0.1) is 5.92 Å². The number of likely N-dealkylation sites (tertiary alicyclic amines) is 1. The monoisotopic (exact) mass is 312 g/mol. The lowest BCUT2D eigenvalue weighted by molar-refractivity contribution is -0.0453. The van der Waals surface area contributed by atoms with Crippen LogP contribution in [0.2, 0.25) is 0 Å². The molecule has 0 radical (unpaired) electrons. The fourth-order valence-electron chi connectivity index (χ4n) is 4.22. The molecule has 0 amide bonds. The number of rotatable bonds is 2. The van der Waals surface area contributed by atoms with Crippen LogP contribution in [0.3, 0.4) is 0 Å². The summed E-state index contributed by atoms with van der Waals surface area (Å²) in [6, 6.07) is -2.99. The van der Waals surface area contributed by atoms with Gasteiger partial charge in [0.15, 0.2) is 11.5 Å². The van der Waals surface area contributed by atoms with Crippen molar-refractivity contribution in [3.63, 3.8) is 0 Å². The summed E-state index contributed by atoms with van der Waals surface area (Å²) in [7, 11) is -3.08. The van der Waals surface area contributed by atoms with Gasteiger partial charge in [-0.2, -0.15) is 0 Å². The number of ether oxygens (including phenoxy) is 2. The second-order valence-electron chi connectivity index (χ2n) is 5.94. The summed E-state index contributed by atoms with van der Waals surface area (Å²) in [6.45, 7) is -2.98. The van der Waals surface area contributed by atoms with Crippen molar-refractivity contribution in [2.24, 2.45) is 5.92 Å². The van der Waals surface area contributed by atoms with E-state index < -0.39 is 79.1 Å². The van der Waals surface area contributed by atoms with Crippen molar-refractivity contribution in [1.82, 2.24) is 4.90 Å². The number of piperidine rings is 1. The van der Waals surface area contributed by atoms with Gasteiger partial charge in [-0.3, -0.25) is 0 Å². The van der Waals surface area contributed by atoms with Crippen LogP contribution in [0.5, 0.6) is 11.5 Å². The van der Waals surface area contributed by atoms with E-state index in [2.05, 4.69) is 5.11 Å². The predicted molar refractivity (Wildman–Crippen MR) is 82.5 cm³/mol. The second-order valence-corrected chi connectivity index (χ2v) is 5.94. The fraction of sp³-hybridized carbons (Fsp3) is 0.556. The molecule has 1 fully saturated rings. The smallest absolute Gasteiger partial charge is 0.211 e. The van der Waals surface area contributed by atoms with E-state index in [1.165, 1.54) is 6.08 Å². The lowest BCUT2D eigenvalue weighted by atomic mass is 9.53. The third kappa shape index (κ3) is 1.28. The highest BCUT2D eigenvalue weighted by Gasteiger charge is 2.64. The average molecular weight is 312 g/mol. The molecular weight excluding hydrogens is 278 g/mol. The fourth-order valence-corrected chi connectivity index (χ4v) is 4.22. The minimum Gasteiger partial charge on any atom is -0.493 e. The molecule has 1 spiro atoms. The van der Waals surface area contributed by atoms with Crippen molar-refractivity contribution in [2.45, 2.75) is 36.4 Å². The molecule has 1 aromatic carbocycles. The average Bonchev–Trinajstić information content (AvgIpc) is 2.98. The molecule has 2 aliphatic heterocycles. The van der Waals surface area contributed by atoms with E-state index in [4.69, 9.17) is 26.0 Å². The molecule has 4 nitrogen and oxygen atoms in total. The highest BCUT2D eigenvalue weighted by molar-refractivity contribution is 5.62. The zero-order valence-corrected chi connectivity index (χ0v) is 11.4. The van der Waals surface area contributed by atoms with Gasteiger partial charge in [-0.1, -0.05) is 18.2 Å². The van der Waals surface area contributed by atoms with E-state index >= 15 is 0 Å². The first-order valence-electron chi connectivity index (χ1n) is 13.4. The van der Waals surface area contributed by atoms with E-state index in [0.29, 0.717) is 0 Å². The largest absolute Gasteiger partial charge is 0.493 e. The minimum atomic E-state index is -3.08. The molecule has 116 valence electrons. The lowest BCUT2D eigenvalue weighted by Crippen LogP contribution is -2.64. The number of benzene rings is 1. The number of likely N-dealkylation sites (N-methyl/N-ethyl adjacent to an activating group) is 1. The Morgan fingerprint density at radius 2 is 2.64 bits per heavy atom.